The highest BCUT2D eigenvalue weighted by atomic mass is 127. The molecule has 1 aromatic heterocycles. The maximum Gasteiger partial charge on any atom is 0.208 e. The highest BCUT2D eigenvalue weighted by Gasteiger charge is 2.21. The number of hydrogen-bond acceptors (Lipinski definition) is 4. The van der Waals surface area contributed by atoms with Crippen molar-refractivity contribution in [1.82, 2.24) is 20.5 Å². The Morgan fingerprint density at radius 2 is 1.91 bits per heavy atom. The molecule has 7 heteroatoms. The molecule has 0 saturated carbocycles. The van der Waals surface area contributed by atoms with E-state index in [0.29, 0.717) is 5.92 Å². The monoisotopic (exact) mass is 565 g/mol. The molecule has 182 valence electrons. The van der Waals surface area contributed by atoms with Crippen molar-refractivity contribution in [3.05, 3.63) is 52.2 Å². The molecule has 1 aliphatic carbocycles. The summed E-state index contributed by atoms with van der Waals surface area (Å²) in [6.45, 7) is 10.2. The molecule has 0 spiro atoms. The molecule has 1 atom stereocenters. The maximum absolute atomic E-state index is 5.75. The van der Waals surface area contributed by atoms with Crippen LogP contribution in [-0.2, 0) is 19.4 Å². The number of benzene rings is 1. The minimum Gasteiger partial charge on any atom is -0.444 e. The minimum atomic E-state index is 0. The van der Waals surface area contributed by atoms with Crippen molar-refractivity contribution in [3.8, 4) is 0 Å². The number of hydrogen-bond donors (Lipinski definition) is 2. The van der Waals surface area contributed by atoms with Crippen LogP contribution in [0.15, 0.2) is 27.6 Å². The van der Waals surface area contributed by atoms with Crippen molar-refractivity contribution in [1.29, 1.82) is 0 Å². The summed E-state index contributed by atoms with van der Waals surface area (Å²) in [6, 6.07) is 7.24. The second kappa shape index (κ2) is 12.2. The van der Waals surface area contributed by atoms with Gasteiger partial charge in [0.25, 0.3) is 0 Å². The van der Waals surface area contributed by atoms with Crippen LogP contribution in [0, 0.1) is 19.8 Å². The molecule has 1 saturated heterocycles. The Balaban J connectivity index is 0.00000306. The van der Waals surface area contributed by atoms with Crippen LogP contribution in [0.1, 0.15) is 72.7 Å². The van der Waals surface area contributed by atoms with Crippen LogP contribution in [0.5, 0.6) is 0 Å². The fourth-order valence-electron chi connectivity index (χ4n) is 4.89. The lowest BCUT2D eigenvalue weighted by atomic mass is 9.89. The predicted molar refractivity (Wildman–Crippen MR) is 145 cm³/mol. The molecule has 6 nitrogen and oxygen atoms in total. The number of nitrogens with zero attached hydrogens (tertiary/aromatic N) is 3. The highest BCUT2D eigenvalue weighted by Crippen LogP contribution is 2.25. The Morgan fingerprint density at radius 1 is 1.18 bits per heavy atom. The van der Waals surface area contributed by atoms with Gasteiger partial charge >= 0.3 is 0 Å². The largest absolute Gasteiger partial charge is 0.444 e. The first kappa shape index (κ1) is 26.0. The average molecular weight is 566 g/mol. The Kier molecular flexibility index (Phi) is 9.61. The van der Waals surface area contributed by atoms with E-state index in [1.54, 1.807) is 0 Å². The lowest BCUT2D eigenvalue weighted by molar-refractivity contribution is 0.164. The SMILES string of the molecule is CN=C(NCC1CCN(Cc2nc(C)c(C)o2)CC1)NC(C)c1ccc2c(c1)CCCC2.I. The quantitative estimate of drug-likeness (QED) is 0.296. The van der Waals surface area contributed by atoms with Crippen molar-refractivity contribution < 1.29 is 4.42 Å². The van der Waals surface area contributed by atoms with E-state index in [4.69, 9.17) is 4.42 Å². The van der Waals surface area contributed by atoms with Crippen LogP contribution in [0.4, 0.5) is 0 Å². The zero-order chi connectivity index (χ0) is 22.5. The molecular weight excluding hydrogens is 525 g/mol. The van der Waals surface area contributed by atoms with Crippen LogP contribution < -0.4 is 10.6 Å². The van der Waals surface area contributed by atoms with E-state index < -0.39 is 0 Å². The van der Waals surface area contributed by atoms with Gasteiger partial charge < -0.3 is 15.1 Å². The number of aryl methyl sites for hydroxylation is 4. The molecule has 1 unspecified atom stereocenters. The summed E-state index contributed by atoms with van der Waals surface area (Å²) in [5, 5.41) is 7.15. The van der Waals surface area contributed by atoms with Crippen LogP contribution in [0.2, 0.25) is 0 Å². The van der Waals surface area contributed by atoms with E-state index in [9.17, 15) is 0 Å². The van der Waals surface area contributed by atoms with Gasteiger partial charge in [-0.05, 0) is 95.0 Å². The zero-order valence-corrected chi connectivity index (χ0v) is 22.9. The topological polar surface area (TPSA) is 65.7 Å². The standard InChI is InChI=1S/C26H39N5O.HI/c1-18-20(3)32-25(29-18)17-31-13-11-21(12-14-31)16-28-26(27-4)30-19(2)23-10-9-22-7-5-6-8-24(22)15-23;/h9-10,15,19,21H,5-8,11-14,16-17H2,1-4H3,(H2,27,28,30);1H. The predicted octanol–water partition coefficient (Wildman–Crippen LogP) is 4.93. The number of oxazole rings is 1. The average Bonchev–Trinajstić information content (AvgIpc) is 3.13. The molecule has 1 aromatic carbocycles. The molecule has 1 fully saturated rings. The first-order chi connectivity index (χ1) is 15.5. The fourth-order valence-corrected chi connectivity index (χ4v) is 4.89. The van der Waals surface area contributed by atoms with Crippen molar-refractivity contribution in [2.75, 3.05) is 26.7 Å². The minimum absolute atomic E-state index is 0. The summed E-state index contributed by atoms with van der Waals surface area (Å²) >= 11 is 0. The van der Waals surface area contributed by atoms with Crippen LogP contribution in [0.3, 0.4) is 0 Å². The van der Waals surface area contributed by atoms with Gasteiger partial charge in [-0.15, -0.1) is 24.0 Å². The number of likely N-dealkylation sites (tertiary alicyclic amines) is 1. The molecular formula is C26H40IN5O. The second-order valence-corrected chi connectivity index (χ2v) is 9.52. The van der Waals surface area contributed by atoms with Crippen molar-refractivity contribution >= 4 is 29.9 Å². The number of fused-ring (bicyclic) bond motifs is 1. The van der Waals surface area contributed by atoms with E-state index in [0.717, 1.165) is 49.5 Å². The molecule has 2 aromatic rings. The van der Waals surface area contributed by atoms with Crippen LogP contribution in [-0.4, -0.2) is 42.5 Å². The summed E-state index contributed by atoms with van der Waals surface area (Å²) in [6.07, 6.45) is 7.46. The van der Waals surface area contributed by atoms with Crippen LogP contribution in [0.25, 0.3) is 0 Å². The molecule has 1 aliphatic heterocycles. The lowest BCUT2D eigenvalue weighted by Gasteiger charge is -2.31. The van der Waals surface area contributed by atoms with Gasteiger partial charge in [0.15, 0.2) is 5.96 Å². The lowest BCUT2D eigenvalue weighted by Crippen LogP contribution is -2.43. The van der Waals surface area contributed by atoms with Crippen LogP contribution >= 0.6 is 24.0 Å². The van der Waals surface area contributed by atoms with Gasteiger partial charge in [-0.1, -0.05) is 18.2 Å². The van der Waals surface area contributed by atoms with E-state index in [1.807, 2.05) is 20.9 Å². The molecule has 33 heavy (non-hydrogen) atoms. The number of guanidine groups is 1. The van der Waals surface area contributed by atoms with Gasteiger partial charge in [-0.2, -0.15) is 0 Å². The summed E-state index contributed by atoms with van der Waals surface area (Å²) in [5.41, 5.74) is 5.42. The van der Waals surface area contributed by atoms with E-state index in [-0.39, 0.29) is 30.0 Å². The zero-order valence-electron chi connectivity index (χ0n) is 20.6. The summed E-state index contributed by atoms with van der Waals surface area (Å²) in [7, 11) is 1.86. The Labute approximate surface area is 216 Å². The molecule has 0 radical (unpaired) electrons. The Morgan fingerprint density at radius 3 is 2.58 bits per heavy atom. The van der Waals surface area contributed by atoms with Crippen molar-refractivity contribution in [2.45, 2.75) is 71.9 Å². The van der Waals surface area contributed by atoms with Crippen molar-refractivity contribution in [3.63, 3.8) is 0 Å². The molecule has 4 rings (SSSR count). The Hall–Kier alpha value is -1.61. The molecule has 2 heterocycles. The van der Waals surface area contributed by atoms with E-state index >= 15 is 0 Å². The highest BCUT2D eigenvalue weighted by molar-refractivity contribution is 14.0. The third kappa shape index (κ3) is 6.94. The Bertz CT molecular complexity index is 913. The maximum atomic E-state index is 5.75. The fraction of sp³-hybridized carbons (Fsp3) is 0.615. The number of aliphatic imine (C=N–C) groups is 1. The van der Waals surface area contributed by atoms with Gasteiger partial charge in [-0.25, -0.2) is 4.98 Å². The van der Waals surface area contributed by atoms with Gasteiger partial charge in [0.1, 0.15) is 5.76 Å². The van der Waals surface area contributed by atoms with E-state index in [1.165, 1.54) is 55.2 Å². The van der Waals surface area contributed by atoms with Crippen molar-refractivity contribution in [2.24, 2.45) is 10.9 Å². The number of piperidine rings is 1. The number of nitrogens with one attached hydrogen (secondary N) is 2. The van der Waals surface area contributed by atoms with Gasteiger partial charge in [0.05, 0.1) is 18.3 Å². The van der Waals surface area contributed by atoms with E-state index in [2.05, 4.69) is 50.6 Å². The molecule has 2 N–H and O–H groups in total. The molecule has 2 aliphatic rings. The van der Waals surface area contributed by atoms with Gasteiger partial charge in [0.2, 0.25) is 5.89 Å². The summed E-state index contributed by atoms with van der Waals surface area (Å²) in [4.78, 5) is 11.4. The summed E-state index contributed by atoms with van der Waals surface area (Å²) in [5.74, 6) is 3.33. The number of halogens is 1. The van der Waals surface area contributed by atoms with Gasteiger partial charge in [-0.3, -0.25) is 9.89 Å². The summed E-state index contributed by atoms with van der Waals surface area (Å²) < 4.78 is 5.75. The smallest absolute Gasteiger partial charge is 0.208 e. The molecule has 0 bridgehead atoms. The van der Waals surface area contributed by atoms with Gasteiger partial charge in [0, 0.05) is 13.6 Å². The first-order valence-corrected chi connectivity index (χ1v) is 12.3. The third-order valence-electron chi connectivity index (χ3n) is 7.15. The third-order valence-corrected chi connectivity index (χ3v) is 7.15. The number of aromatic nitrogens is 1. The number of rotatable bonds is 6. The normalized spacial score (nSPS) is 18.4. The first-order valence-electron chi connectivity index (χ1n) is 12.3. The molecule has 0 amide bonds. The second-order valence-electron chi connectivity index (χ2n) is 9.52.